The molecule has 2 aromatic rings. The number of rotatable bonds is 6. The van der Waals surface area contributed by atoms with Gasteiger partial charge in [-0.3, -0.25) is 9.59 Å². The molecule has 1 fully saturated rings. The van der Waals surface area contributed by atoms with E-state index in [2.05, 4.69) is 10.6 Å². The number of halogens is 2. The molecule has 1 heterocycles. The lowest BCUT2D eigenvalue weighted by molar-refractivity contribution is -0.124. The molecule has 29 heavy (non-hydrogen) atoms. The van der Waals surface area contributed by atoms with Gasteiger partial charge in [-0.2, -0.15) is 0 Å². The number of benzene rings is 2. The van der Waals surface area contributed by atoms with Crippen molar-refractivity contribution in [3.8, 4) is 0 Å². The maximum Gasteiger partial charge on any atom is 0.255 e. The van der Waals surface area contributed by atoms with E-state index in [1.165, 1.54) is 24.3 Å². The first-order chi connectivity index (χ1) is 13.5. The third-order valence-corrected chi connectivity index (χ3v) is 4.83. The Hall–Kier alpha value is -2.48. The van der Waals surface area contributed by atoms with Crippen molar-refractivity contribution in [1.29, 1.82) is 0 Å². The highest BCUT2D eigenvalue weighted by Gasteiger charge is 2.26. The highest BCUT2D eigenvalue weighted by molar-refractivity contribution is 6.04. The van der Waals surface area contributed by atoms with E-state index in [0.29, 0.717) is 31.0 Å². The van der Waals surface area contributed by atoms with Crippen LogP contribution in [0.5, 0.6) is 0 Å². The van der Waals surface area contributed by atoms with Crippen molar-refractivity contribution < 1.29 is 18.7 Å². The largest absolute Gasteiger partial charge is 0.381 e. The minimum Gasteiger partial charge on any atom is -0.381 e. The van der Waals surface area contributed by atoms with Crippen molar-refractivity contribution in [2.24, 2.45) is 11.7 Å². The van der Waals surface area contributed by atoms with Crippen molar-refractivity contribution in [3.05, 3.63) is 65.5 Å². The smallest absolute Gasteiger partial charge is 0.255 e. The average Bonchev–Trinajstić information content (AvgIpc) is 2.73. The summed E-state index contributed by atoms with van der Waals surface area (Å²) in [6, 6.07) is 11.9. The lowest BCUT2D eigenvalue weighted by Crippen LogP contribution is -2.46. The molecule has 0 aliphatic carbocycles. The zero-order valence-corrected chi connectivity index (χ0v) is 16.7. The van der Waals surface area contributed by atoms with Gasteiger partial charge in [-0.05, 0) is 60.7 Å². The SMILES string of the molecule is Cl.NC(C(=O)NCc1cccc(NC(=O)c2ccc(F)cc2)c1)C1CCOCC1. The first kappa shape index (κ1) is 22.8. The molecule has 156 valence electrons. The Labute approximate surface area is 175 Å². The Morgan fingerprint density at radius 2 is 1.83 bits per heavy atom. The maximum atomic E-state index is 13.0. The summed E-state index contributed by atoms with van der Waals surface area (Å²) in [6.07, 6.45) is 1.58. The third kappa shape index (κ3) is 6.52. The van der Waals surface area contributed by atoms with Gasteiger partial charge in [0.25, 0.3) is 5.91 Å². The highest BCUT2D eigenvalue weighted by atomic mass is 35.5. The van der Waals surface area contributed by atoms with Gasteiger partial charge in [-0.15, -0.1) is 12.4 Å². The first-order valence-corrected chi connectivity index (χ1v) is 9.30. The van der Waals surface area contributed by atoms with Crippen LogP contribution in [0.3, 0.4) is 0 Å². The second-order valence-electron chi connectivity index (χ2n) is 6.85. The van der Waals surface area contributed by atoms with Crippen LogP contribution in [0.1, 0.15) is 28.8 Å². The molecular weight excluding hydrogens is 397 g/mol. The number of carbonyl (C=O) groups is 2. The fourth-order valence-electron chi connectivity index (χ4n) is 3.16. The zero-order valence-electron chi connectivity index (χ0n) is 15.9. The lowest BCUT2D eigenvalue weighted by atomic mass is 9.92. The molecule has 0 bridgehead atoms. The molecule has 2 amide bonds. The number of nitrogens with two attached hydrogens (primary N) is 1. The Morgan fingerprint density at radius 3 is 2.52 bits per heavy atom. The molecule has 4 N–H and O–H groups in total. The fourth-order valence-corrected chi connectivity index (χ4v) is 3.16. The number of anilines is 1. The molecule has 0 aromatic heterocycles. The van der Waals surface area contributed by atoms with Crippen molar-refractivity contribution in [3.63, 3.8) is 0 Å². The Bertz CT molecular complexity index is 826. The molecule has 1 atom stereocenters. The standard InChI is InChI=1S/C21H24FN3O3.ClH/c22-17-6-4-16(5-7-17)20(26)25-18-3-1-2-14(12-18)13-24-21(27)19(23)15-8-10-28-11-9-15;/h1-7,12,15,19H,8-11,13,23H2,(H,24,27)(H,25,26);1H. The minimum atomic E-state index is -0.551. The van der Waals surface area contributed by atoms with Crippen LogP contribution in [-0.2, 0) is 16.1 Å². The van der Waals surface area contributed by atoms with Gasteiger partial charge in [0, 0.05) is 31.0 Å². The molecule has 1 saturated heterocycles. The normalized spacial score (nSPS) is 15.1. The van der Waals surface area contributed by atoms with Crippen LogP contribution < -0.4 is 16.4 Å². The summed E-state index contributed by atoms with van der Waals surface area (Å²) in [4.78, 5) is 24.6. The molecule has 1 unspecified atom stereocenters. The van der Waals surface area contributed by atoms with Crippen LogP contribution in [0.15, 0.2) is 48.5 Å². The van der Waals surface area contributed by atoms with E-state index in [4.69, 9.17) is 10.5 Å². The van der Waals surface area contributed by atoms with Gasteiger partial charge in [0.1, 0.15) is 5.82 Å². The second-order valence-corrected chi connectivity index (χ2v) is 6.85. The molecule has 0 saturated carbocycles. The Balaban J connectivity index is 0.00000300. The van der Waals surface area contributed by atoms with Gasteiger partial charge in [-0.25, -0.2) is 4.39 Å². The monoisotopic (exact) mass is 421 g/mol. The maximum absolute atomic E-state index is 13.0. The van der Waals surface area contributed by atoms with Crippen LogP contribution in [0.4, 0.5) is 10.1 Å². The number of hydrogen-bond donors (Lipinski definition) is 3. The molecule has 6 nitrogen and oxygen atoms in total. The molecule has 0 radical (unpaired) electrons. The number of amides is 2. The van der Waals surface area contributed by atoms with Crippen molar-refractivity contribution in [1.82, 2.24) is 5.32 Å². The molecule has 1 aliphatic heterocycles. The minimum absolute atomic E-state index is 0. The van der Waals surface area contributed by atoms with E-state index in [1.54, 1.807) is 18.2 Å². The van der Waals surface area contributed by atoms with Crippen molar-refractivity contribution in [2.75, 3.05) is 18.5 Å². The molecule has 1 aliphatic rings. The van der Waals surface area contributed by atoms with E-state index >= 15 is 0 Å². The van der Waals surface area contributed by atoms with Gasteiger partial charge in [0.15, 0.2) is 0 Å². The summed E-state index contributed by atoms with van der Waals surface area (Å²) in [5, 5.41) is 5.62. The summed E-state index contributed by atoms with van der Waals surface area (Å²) < 4.78 is 18.3. The van der Waals surface area contributed by atoms with Crippen LogP contribution in [0, 0.1) is 11.7 Å². The molecule has 0 spiro atoms. The van der Waals surface area contributed by atoms with Crippen molar-refractivity contribution in [2.45, 2.75) is 25.4 Å². The van der Waals surface area contributed by atoms with E-state index < -0.39 is 11.9 Å². The lowest BCUT2D eigenvalue weighted by Gasteiger charge is -2.26. The topological polar surface area (TPSA) is 93.5 Å². The molecule has 8 heteroatoms. The summed E-state index contributed by atoms with van der Waals surface area (Å²) in [5.41, 5.74) is 7.87. The fraction of sp³-hybridized carbons (Fsp3) is 0.333. The quantitative estimate of drug-likeness (QED) is 0.668. The number of hydrogen-bond acceptors (Lipinski definition) is 4. The Kier molecular flexibility index (Phi) is 8.57. The highest BCUT2D eigenvalue weighted by Crippen LogP contribution is 2.18. The predicted octanol–water partition coefficient (Wildman–Crippen LogP) is 2.87. The first-order valence-electron chi connectivity index (χ1n) is 9.30. The number of nitrogens with one attached hydrogen (secondary N) is 2. The van der Waals surface area contributed by atoms with Crippen molar-refractivity contribution >= 4 is 29.9 Å². The number of ether oxygens (including phenoxy) is 1. The van der Waals surface area contributed by atoms with Gasteiger partial charge >= 0.3 is 0 Å². The molecule has 3 rings (SSSR count). The third-order valence-electron chi connectivity index (χ3n) is 4.83. The van der Waals surface area contributed by atoms with Gasteiger partial charge in [-0.1, -0.05) is 12.1 Å². The number of carbonyl (C=O) groups excluding carboxylic acids is 2. The predicted molar refractivity (Wildman–Crippen MR) is 111 cm³/mol. The van der Waals surface area contributed by atoms with Crippen LogP contribution in [0.2, 0.25) is 0 Å². The Morgan fingerprint density at radius 1 is 1.14 bits per heavy atom. The summed E-state index contributed by atoms with van der Waals surface area (Å²) in [7, 11) is 0. The molecule has 2 aromatic carbocycles. The molecular formula is C21H25ClFN3O3. The summed E-state index contributed by atoms with van der Waals surface area (Å²) in [6.45, 7) is 1.60. The second kappa shape index (κ2) is 10.9. The van der Waals surface area contributed by atoms with E-state index in [9.17, 15) is 14.0 Å². The average molecular weight is 422 g/mol. The van der Waals surface area contributed by atoms with Gasteiger partial charge in [0.2, 0.25) is 5.91 Å². The van der Waals surface area contributed by atoms with Gasteiger partial charge < -0.3 is 21.1 Å². The van der Waals surface area contributed by atoms with Crippen LogP contribution >= 0.6 is 12.4 Å². The van der Waals surface area contributed by atoms with Gasteiger partial charge in [0.05, 0.1) is 6.04 Å². The summed E-state index contributed by atoms with van der Waals surface area (Å²) >= 11 is 0. The van der Waals surface area contributed by atoms with E-state index in [0.717, 1.165) is 18.4 Å². The van der Waals surface area contributed by atoms with Crippen LogP contribution in [-0.4, -0.2) is 31.1 Å². The van der Waals surface area contributed by atoms with Crippen LogP contribution in [0.25, 0.3) is 0 Å². The summed E-state index contributed by atoms with van der Waals surface area (Å²) in [5.74, 6) is -0.779. The zero-order chi connectivity index (χ0) is 19.9. The van der Waals surface area contributed by atoms with E-state index in [-0.39, 0.29) is 30.1 Å². The van der Waals surface area contributed by atoms with E-state index in [1.807, 2.05) is 6.07 Å².